The van der Waals surface area contributed by atoms with E-state index in [0.29, 0.717) is 0 Å². The number of amides is 1. The lowest BCUT2D eigenvalue weighted by molar-refractivity contribution is -0.159. The Bertz CT molecular complexity index is 1180. The molecular formula is C28H30N2O7. The largest absolute Gasteiger partial charge is 0.497 e. The van der Waals surface area contributed by atoms with E-state index < -0.39 is 18.0 Å². The van der Waals surface area contributed by atoms with Crippen LogP contribution in [0.2, 0.25) is 0 Å². The van der Waals surface area contributed by atoms with Gasteiger partial charge in [0.25, 0.3) is 0 Å². The quantitative estimate of drug-likeness (QED) is 0.410. The summed E-state index contributed by atoms with van der Waals surface area (Å²) in [6.07, 6.45) is 1.20. The van der Waals surface area contributed by atoms with Crippen molar-refractivity contribution in [2.24, 2.45) is 0 Å². The van der Waals surface area contributed by atoms with Gasteiger partial charge in [-0.05, 0) is 42.2 Å². The Balaban J connectivity index is 0.000000568. The predicted molar refractivity (Wildman–Crippen MR) is 139 cm³/mol. The molecule has 1 aliphatic heterocycles. The van der Waals surface area contributed by atoms with E-state index in [4.69, 9.17) is 29.3 Å². The molecule has 4 rings (SSSR count). The first-order valence-corrected chi connectivity index (χ1v) is 11.8. The average Bonchev–Trinajstić information content (AvgIpc) is 2.91. The zero-order valence-electron chi connectivity index (χ0n) is 20.5. The molecule has 3 aromatic carbocycles. The number of benzene rings is 3. The molecule has 3 aromatic rings. The summed E-state index contributed by atoms with van der Waals surface area (Å²) in [5, 5.41) is 17.7. The predicted octanol–water partition coefficient (Wildman–Crippen LogP) is 4.73. The van der Waals surface area contributed by atoms with Crippen molar-refractivity contribution in [1.29, 1.82) is 0 Å². The maximum Gasteiger partial charge on any atom is 0.414 e. The van der Waals surface area contributed by atoms with Crippen LogP contribution >= 0.6 is 0 Å². The monoisotopic (exact) mass is 506 g/mol. The van der Waals surface area contributed by atoms with Crippen LogP contribution in [-0.4, -0.2) is 59.4 Å². The van der Waals surface area contributed by atoms with Crippen molar-refractivity contribution in [2.75, 3.05) is 25.5 Å². The zero-order chi connectivity index (χ0) is 26.6. The number of methoxy groups -OCH3 is 1. The molecular weight excluding hydrogens is 476 g/mol. The van der Waals surface area contributed by atoms with Crippen LogP contribution in [-0.2, 0) is 20.9 Å². The number of nitrogens with one attached hydrogen (secondary N) is 1. The summed E-state index contributed by atoms with van der Waals surface area (Å²) in [4.78, 5) is 33.1. The van der Waals surface area contributed by atoms with Crippen molar-refractivity contribution in [1.82, 2.24) is 4.90 Å². The highest BCUT2D eigenvalue weighted by Gasteiger charge is 2.23. The van der Waals surface area contributed by atoms with Crippen LogP contribution in [0, 0.1) is 0 Å². The number of likely N-dealkylation sites (tertiary alicyclic amines) is 1. The first-order chi connectivity index (χ1) is 17.9. The molecule has 9 heteroatoms. The van der Waals surface area contributed by atoms with Crippen molar-refractivity contribution in [3.05, 3.63) is 84.4 Å². The minimum absolute atomic E-state index is 0.0644. The Labute approximate surface area is 215 Å². The fourth-order valence-electron chi connectivity index (χ4n) is 3.97. The molecule has 0 atom stereocenters. The highest BCUT2D eigenvalue weighted by Crippen LogP contribution is 2.28. The summed E-state index contributed by atoms with van der Waals surface area (Å²) >= 11 is 0. The first kappa shape index (κ1) is 27.2. The third kappa shape index (κ3) is 8.66. The molecule has 9 nitrogen and oxygen atoms in total. The molecule has 0 aliphatic carbocycles. The van der Waals surface area contributed by atoms with Crippen molar-refractivity contribution in [3.63, 3.8) is 0 Å². The fraction of sp³-hybridized carbons (Fsp3) is 0.250. The third-order valence-corrected chi connectivity index (χ3v) is 5.78. The van der Waals surface area contributed by atoms with E-state index in [-0.39, 0.29) is 6.10 Å². The molecule has 37 heavy (non-hydrogen) atoms. The Kier molecular flexibility index (Phi) is 10.0. The lowest BCUT2D eigenvalue weighted by atomic mass is 10.0. The number of ether oxygens (including phenoxy) is 2. The number of carboxylic acid groups (broad SMARTS) is 2. The molecule has 3 N–H and O–H groups in total. The second kappa shape index (κ2) is 13.6. The van der Waals surface area contributed by atoms with Crippen molar-refractivity contribution in [2.45, 2.75) is 25.5 Å². The second-order valence-electron chi connectivity index (χ2n) is 8.38. The first-order valence-electron chi connectivity index (χ1n) is 11.8. The second-order valence-corrected chi connectivity index (χ2v) is 8.38. The van der Waals surface area contributed by atoms with Gasteiger partial charge in [0.15, 0.2) is 0 Å². The number of anilines is 1. The summed E-state index contributed by atoms with van der Waals surface area (Å²) in [6, 6.07) is 26.0. The molecule has 0 aromatic heterocycles. The van der Waals surface area contributed by atoms with Crippen LogP contribution in [0.15, 0.2) is 78.9 Å². The number of piperidine rings is 1. The average molecular weight is 507 g/mol. The molecule has 0 spiro atoms. The van der Waals surface area contributed by atoms with Gasteiger partial charge >= 0.3 is 18.0 Å². The van der Waals surface area contributed by atoms with Gasteiger partial charge in [-0.15, -0.1) is 0 Å². The van der Waals surface area contributed by atoms with Gasteiger partial charge in [-0.2, -0.15) is 0 Å². The normalized spacial score (nSPS) is 13.5. The molecule has 0 unspecified atom stereocenters. The van der Waals surface area contributed by atoms with E-state index in [0.717, 1.165) is 55.0 Å². The Morgan fingerprint density at radius 2 is 1.54 bits per heavy atom. The van der Waals surface area contributed by atoms with Crippen LogP contribution < -0.4 is 10.1 Å². The van der Waals surface area contributed by atoms with Gasteiger partial charge in [0.05, 0.1) is 12.8 Å². The minimum Gasteiger partial charge on any atom is -0.497 e. The Morgan fingerprint density at radius 3 is 2.19 bits per heavy atom. The minimum atomic E-state index is -1.82. The molecule has 0 bridgehead atoms. The molecule has 0 radical (unpaired) electrons. The summed E-state index contributed by atoms with van der Waals surface area (Å²) in [7, 11) is 1.69. The van der Waals surface area contributed by atoms with E-state index in [2.05, 4.69) is 22.3 Å². The lowest BCUT2D eigenvalue weighted by Gasteiger charge is -2.31. The number of hydrogen-bond acceptors (Lipinski definition) is 6. The van der Waals surface area contributed by atoms with Crippen molar-refractivity contribution < 1.29 is 34.1 Å². The maximum absolute atomic E-state index is 12.5. The molecule has 1 fully saturated rings. The van der Waals surface area contributed by atoms with Crippen LogP contribution in [0.1, 0.15) is 18.4 Å². The molecule has 1 amide bonds. The Hall–Kier alpha value is -4.37. The van der Waals surface area contributed by atoms with Gasteiger partial charge in [-0.3, -0.25) is 10.2 Å². The molecule has 1 aliphatic rings. The summed E-state index contributed by atoms with van der Waals surface area (Å²) in [5.41, 5.74) is 4.03. The van der Waals surface area contributed by atoms with Gasteiger partial charge in [0.1, 0.15) is 11.9 Å². The highest BCUT2D eigenvalue weighted by atomic mass is 16.6. The summed E-state index contributed by atoms with van der Waals surface area (Å²) in [5.74, 6) is -2.77. The van der Waals surface area contributed by atoms with E-state index in [1.165, 1.54) is 5.56 Å². The van der Waals surface area contributed by atoms with Gasteiger partial charge in [0, 0.05) is 25.2 Å². The SMILES string of the molecule is COc1cccc(CN2CCC(OC(=O)Nc3ccccc3-c3ccccc3)CC2)c1.O=C(O)C(=O)O. The van der Waals surface area contributed by atoms with Crippen molar-refractivity contribution in [3.8, 4) is 16.9 Å². The van der Waals surface area contributed by atoms with Gasteiger partial charge in [-0.1, -0.05) is 60.7 Å². The van der Waals surface area contributed by atoms with Crippen LogP contribution in [0.25, 0.3) is 11.1 Å². The van der Waals surface area contributed by atoms with Crippen LogP contribution in [0.5, 0.6) is 5.75 Å². The fourth-order valence-corrected chi connectivity index (χ4v) is 3.97. The molecule has 1 heterocycles. The zero-order valence-corrected chi connectivity index (χ0v) is 20.5. The summed E-state index contributed by atoms with van der Waals surface area (Å²) in [6.45, 7) is 2.67. The molecule has 1 saturated heterocycles. The van der Waals surface area contributed by atoms with E-state index in [1.807, 2.05) is 66.7 Å². The van der Waals surface area contributed by atoms with Crippen molar-refractivity contribution >= 4 is 23.7 Å². The van der Waals surface area contributed by atoms with E-state index >= 15 is 0 Å². The number of carbonyl (C=O) groups excluding carboxylic acids is 1. The highest BCUT2D eigenvalue weighted by molar-refractivity contribution is 6.27. The lowest BCUT2D eigenvalue weighted by Crippen LogP contribution is -2.38. The third-order valence-electron chi connectivity index (χ3n) is 5.78. The Morgan fingerprint density at radius 1 is 0.892 bits per heavy atom. The number of para-hydroxylation sites is 1. The smallest absolute Gasteiger partial charge is 0.414 e. The molecule has 0 saturated carbocycles. The van der Waals surface area contributed by atoms with Crippen LogP contribution in [0.3, 0.4) is 0 Å². The topological polar surface area (TPSA) is 125 Å². The van der Waals surface area contributed by atoms with Gasteiger partial charge < -0.3 is 19.7 Å². The number of nitrogens with zero attached hydrogens (tertiary/aromatic N) is 1. The standard InChI is InChI=1S/C26H28N2O3.C2H2O4/c1-30-23-11-7-8-20(18-23)19-28-16-14-22(15-17-28)31-26(29)27-25-13-6-5-12-24(25)21-9-3-2-4-10-21;3-1(4)2(5)6/h2-13,18,22H,14-17,19H2,1H3,(H,27,29);(H,3,4)(H,5,6). The van der Waals surface area contributed by atoms with Gasteiger partial charge in [-0.25, -0.2) is 14.4 Å². The number of hydrogen-bond donors (Lipinski definition) is 3. The maximum atomic E-state index is 12.5. The number of rotatable bonds is 6. The number of aliphatic carboxylic acids is 2. The van der Waals surface area contributed by atoms with E-state index in [9.17, 15) is 4.79 Å². The van der Waals surface area contributed by atoms with Gasteiger partial charge in [0.2, 0.25) is 0 Å². The number of carboxylic acids is 2. The van der Waals surface area contributed by atoms with E-state index in [1.54, 1.807) is 7.11 Å². The summed E-state index contributed by atoms with van der Waals surface area (Å²) < 4.78 is 11.0. The van der Waals surface area contributed by atoms with Crippen LogP contribution in [0.4, 0.5) is 10.5 Å². The molecule has 194 valence electrons. The number of carbonyl (C=O) groups is 3.